The van der Waals surface area contributed by atoms with Crippen molar-refractivity contribution in [2.24, 2.45) is 5.73 Å². The van der Waals surface area contributed by atoms with E-state index in [1.54, 1.807) is 4.90 Å². The van der Waals surface area contributed by atoms with Gasteiger partial charge in [0, 0.05) is 26.2 Å². The van der Waals surface area contributed by atoms with E-state index < -0.39 is 36.5 Å². The first-order valence-electron chi connectivity index (χ1n) is 8.38. The standard InChI is InChI=1S/C16H25N3O6/c1-3-16(9-17)24-12-11(23-14(21-2)13(12)25-16)8-22-15(20)19-6-4-10(18)5-7-19/h3,9-14,17H,1,4-8,18H2,2H3/t11-,12-,13-,14-,16?/m1/s1. The average molecular weight is 355 g/mol. The van der Waals surface area contributed by atoms with Gasteiger partial charge in [0.25, 0.3) is 0 Å². The number of amides is 1. The molecule has 25 heavy (non-hydrogen) atoms. The molecule has 0 aliphatic carbocycles. The molecule has 5 atom stereocenters. The maximum absolute atomic E-state index is 12.2. The molecular formula is C16H25N3O6. The predicted octanol–water partition coefficient (Wildman–Crippen LogP) is 0.233. The molecular weight excluding hydrogens is 330 g/mol. The zero-order valence-electron chi connectivity index (χ0n) is 14.3. The van der Waals surface area contributed by atoms with E-state index in [1.165, 1.54) is 13.2 Å². The number of rotatable bonds is 5. The highest BCUT2D eigenvalue weighted by molar-refractivity contribution is 5.68. The first-order chi connectivity index (χ1) is 12.0. The van der Waals surface area contributed by atoms with Crippen LogP contribution in [0.15, 0.2) is 12.7 Å². The lowest BCUT2D eigenvalue weighted by Crippen LogP contribution is -2.44. The number of carbonyl (C=O) groups is 1. The minimum absolute atomic E-state index is 0.0109. The highest BCUT2D eigenvalue weighted by atomic mass is 16.8. The topological polar surface area (TPSA) is 116 Å². The molecule has 0 bridgehead atoms. The van der Waals surface area contributed by atoms with Gasteiger partial charge in [0.2, 0.25) is 5.79 Å². The van der Waals surface area contributed by atoms with Gasteiger partial charge in [-0.15, -0.1) is 0 Å². The van der Waals surface area contributed by atoms with Gasteiger partial charge in [-0.2, -0.15) is 0 Å². The van der Waals surface area contributed by atoms with Crippen molar-refractivity contribution >= 4 is 12.3 Å². The Bertz CT molecular complexity index is 514. The number of nitrogens with two attached hydrogens (primary N) is 1. The molecule has 1 amide bonds. The van der Waals surface area contributed by atoms with Gasteiger partial charge in [-0.3, -0.25) is 0 Å². The number of piperidine rings is 1. The van der Waals surface area contributed by atoms with Crippen LogP contribution in [0.1, 0.15) is 12.8 Å². The van der Waals surface area contributed by atoms with Crippen molar-refractivity contribution < 1.29 is 28.5 Å². The SMILES string of the molecule is C=CC1(C=N)O[C@H]2[C@H](OC)O[C@H](COC(=O)N3CCC(N)CC3)[C@H]2O1. The quantitative estimate of drug-likeness (QED) is 0.536. The molecule has 0 aromatic rings. The van der Waals surface area contributed by atoms with E-state index in [2.05, 4.69) is 6.58 Å². The molecule has 3 aliphatic rings. The largest absolute Gasteiger partial charge is 0.447 e. The molecule has 3 aliphatic heterocycles. The summed E-state index contributed by atoms with van der Waals surface area (Å²) in [4.78, 5) is 13.8. The van der Waals surface area contributed by atoms with Crippen LogP contribution in [-0.4, -0.2) is 80.4 Å². The van der Waals surface area contributed by atoms with Gasteiger partial charge in [-0.25, -0.2) is 4.79 Å². The maximum atomic E-state index is 12.2. The predicted molar refractivity (Wildman–Crippen MR) is 87.3 cm³/mol. The van der Waals surface area contributed by atoms with Gasteiger partial charge in [0.1, 0.15) is 24.9 Å². The van der Waals surface area contributed by atoms with Crippen LogP contribution in [0.2, 0.25) is 0 Å². The average Bonchev–Trinajstić information content (AvgIpc) is 3.16. The van der Waals surface area contributed by atoms with E-state index in [0.717, 1.165) is 19.1 Å². The van der Waals surface area contributed by atoms with Gasteiger partial charge in [0.05, 0.1) is 6.21 Å². The summed E-state index contributed by atoms with van der Waals surface area (Å²) in [7, 11) is 1.49. The molecule has 3 heterocycles. The Morgan fingerprint density at radius 1 is 1.40 bits per heavy atom. The van der Waals surface area contributed by atoms with Gasteiger partial charge in [0.15, 0.2) is 6.29 Å². The fourth-order valence-corrected chi connectivity index (χ4v) is 3.29. The highest BCUT2D eigenvalue weighted by Gasteiger charge is 2.57. The molecule has 9 nitrogen and oxygen atoms in total. The Morgan fingerprint density at radius 3 is 2.68 bits per heavy atom. The second-order valence-corrected chi connectivity index (χ2v) is 6.41. The van der Waals surface area contributed by atoms with E-state index in [-0.39, 0.29) is 12.6 Å². The van der Waals surface area contributed by atoms with E-state index in [9.17, 15) is 4.79 Å². The fraction of sp³-hybridized carbons (Fsp3) is 0.750. The minimum Gasteiger partial charge on any atom is -0.447 e. The number of methoxy groups -OCH3 is 1. The maximum Gasteiger partial charge on any atom is 0.409 e. The smallest absolute Gasteiger partial charge is 0.409 e. The van der Waals surface area contributed by atoms with Crippen molar-refractivity contribution in [1.29, 1.82) is 5.41 Å². The van der Waals surface area contributed by atoms with Crippen LogP contribution in [0.3, 0.4) is 0 Å². The Labute approximate surface area is 146 Å². The monoisotopic (exact) mass is 355 g/mol. The molecule has 0 aromatic carbocycles. The van der Waals surface area contributed by atoms with E-state index in [1.807, 2.05) is 0 Å². The molecule has 3 fully saturated rings. The van der Waals surface area contributed by atoms with Crippen LogP contribution in [0.5, 0.6) is 0 Å². The number of nitrogens with one attached hydrogen (secondary N) is 1. The van der Waals surface area contributed by atoms with Crippen LogP contribution >= 0.6 is 0 Å². The number of carbonyl (C=O) groups excluding carboxylic acids is 1. The number of hydrogen-bond donors (Lipinski definition) is 2. The first kappa shape index (κ1) is 18.3. The van der Waals surface area contributed by atoms with Crippen molar-refractivity contribution in [3.05, 3.63) is 12.7 Å². The Balaban J connectivity index is 1.58. The van der Waals surface area contributed by atoms with Crippen LogP contribution in [-0.2, 0) is 23.7 Å². The normalized spacial score (nSPS) is 38.4. The number of hydrogen-bond acceptors (Lipinski definition) is 8. The molecule has 0 spiro atoms. The summed E-state index contributed by atoms with van der Waals surface area (Å²) in [5, 5.41) is 7.51. The molecule has 3 N–H and O–H groups in total. The third kappa shape index (κ3) is 3.56. The molecule has 0 radical (unpaired) electrons. The van der Waals surface area contributed by atoms with Crippen molar-refractivity contribution in [1.82, 2.24) is 4.90 Å². The summed E-state index contributed by atoms with van der Waals surface area (Å²) >= 11 is 0. The minimum atomic E-state index is -1.30. The van der Waals surface area contributed by atoms with Crippen molar-refractivity contribution in [3.8, 4) is 0 Å². The highest BCUT2D eigenvalue weighted by Crippen LogP contribution is 2.39. The first-order valence-corrected chi connectivity index (χ1v) is 8.38. The number of likely N-dealkylation sites (tertiary alicyclic amines) is 1. The molecule has 140 valence electrons. The number of ether oxygens (including phenoxy) is 5. The Hall–Kier alpha value is -1.52. The molecule has 0 saturated carbocycles. The van der Waals surface area contributed by atoms with Gasteiger partial charge in [-0.05, 0) is 18.9 Å². The third-order valence-electron chi connectivity index (χ3n) is 4.79. The zero-order valence-corrected chi connectivity index (χ0v) is 14.3. The summed E-state index contributed by atoms with van der Waals surface area (Å²) in [5.74, 6) is -1.30. The molecule has 0 aromatic heterocycles. The van der Waals surface area contributed by atoms with Crippen molar-refractivity contribution in [2.75, 3.05) is 26.8 Å². The third-order valence-corrected chi connectivity index (χ3v) is 4.79. The Kier molecular flexibility index (Phi) is 5.40. The van der Waals surface area contributed by atoms with Crippen LogP contribution in [0, 0.1) is 5.41 Å². The molecule has 1 unspecified atom stereocenters. The van der Waals surface area contributed by atoms with Crippen LogP contribution in [0.4, 0.5) is 4.79 Å². The fourth-order valence-electron chi connectivity index (χ4n) is 3.29. The van der Waals surface area contributed by atoms with Crippen molar-refractivity contribution in [2.45, 2.75) is 49.3 Å². The van der Waals surface area contributed by atoms with Crippen molar-refractivity contribution in [3.63, 3.8) is 0 Å². The van der Waals surface area contributed by atoms with Gasteiger partial charge in [-0.1, -0.05) is 6.58 Å². The summed E-state index contributed by atoms with van der Waals surface area (Å²) in [6, 6.07) is 0.141. The summed E-state index contributed by atoms with van der Waals surface area (Å²) < 4.78 is 27.9. The molecule has 9 heteroatoms. The summed E-state index contributed by atoms with van der Waals surface area (Å²) in [5.41, 5.74) is 5.84. The molecule has 3 saturated heterocycles. The lowest BCUT2D eigenvalue weighted by Gasteiger charge is -2.30. The van der Waals surface area contributed by atoms with E-state index in [4.69, 9.17) is 34.8 Å². The second-order valence-electron chi connectivity index (χ2n) is 6.41. The Morgan fingerprint density at radius 2 is 2.08 bits per heavy atom. The molecule has 3 rings (SSSR count). The van der Waals surface area contributed by atoms with Gasteiger partial charge < -0.3 is 39.7 Å². The summed E-state index contributed by atoms with van der Waals surface area (Å²) in [6.07, 6.45) is 1.32. The van der Waals surface area contributed by atoms with Crippen LogP contribution < -0.4 is 5.73 Å². The number of fused-ring (bicyclic) bond motifs is 1. The van der Waals surface area contributed by atoms with E-state index in [0.29, 0.717) is 13.1 Å². The number of nitrogens with zero attached hydrogens (tertiary/aromatic N) is 1. The second kappa shape index (κ2) is 7.38. The lowest BCUT2D eigenvalue weighted by molar-refractivity contribution is -0.203. The zero-order chi connectivity index (χ0) is 18.0. The summed E-state index contributed by atoms with van der Waals surface area (Å²) in [6.45, 7) is 4.83. The lowest BCUT2D eigenvalue weighted by atomic mass is 10.1. The van der Waals surface area contributed by atoms with Gasteiger partial charge >= 0.3 is 6.09 Å². The van der Waals surface area contributed by atoms with Crippen LogP contribution in [0.25, 0.3) is 0 Å². The van der Waals surface area contributed by atoms with E-state index >= 15 is 0 Å².